The summed E-state index contributed by atoms with van der Waals surface area (Å²) in [6, 6.07) is 0. The van der Waals surface area contributed by atoms with Gasteiger partial charge in [-0.3, -0.25) is 4.79 Å². The third-order valence-corrected chi connectivity index (χ3v) is 1.52. The molecule has 0 fully saturated rings. The number of allylic oxidation sites excluding steroid dienone is 1. The first-order chi connectivity index (χ1) is 3.68. The number of rotatable bonds is 2. The zero-order valence-electron chi connectivity index (χ0n) is 4.64. The maximum absolute atomic E-state index is 10.3. The third-order valence-electron chi connectivity index (χ3n) is 0.639. The second-order valence-electron chi connectivity index (χ2n) is 1.33. The number of hydrogen-bond acceptors (Lipinski definition) is 1. The quantitative estimate of drug-likeness (QED) is 0.345. The van der Waals surface area contributed by atoms with Crippen molar-refractivity contribution in [2.24, 2.45) is 0 Å². The molecule has 0 atom stereocenters. The van der Waals surface area contributed by atoms with Crippen LogP contribution in [0.2, 0.25) is 0 Å². The molecule has 8 heavy (non-hydrogen) atoms. The smallest absolute Gasteiger partial charge is 0.207 e. The lowest BCUT2D eigenvalue weighted by Crippen LogP contribution is -1.90. The Kier molecular flexibility index (Phi) is 3.91. The molecule has 0 saturated heterocycles. The van der Waals surface area contributed by atoms with Gasteiger partial charge in [0.2, 0.25) is 5.12 Å². The van der Waals surface area contributed by atoms with Crippen molar-refractivity contribution in [2.75, 3.05) is 0 Å². The van der Waals surface area contributed by atoms with E-state index in [1.54, 1.807) is 6.08 Å². The Morgan fingerprint density at radius 1 is 1.88 bits per heavy atom. The van der Waals surface area contributed by atoms with Gasteiger partial charge in [-0.2, -0.15) is 0 Å². The number of thiol groups is 1. The van der Waals surface area contributed by atoms with Gasteiger partial charge in [0.05, 0.1) is 10.2 Å². The molecule has 0 amide bonds. The molecule has 3 radical (unpaired) electrons. The summed E-state index contributed by atoms with van der Waals surface area (Å²) in [5, 5.41) is 0.319. The normalized spacial score (nSPS) is 11.6. The van der Waals surface area contributed by atoms with Crippen LogP contribution in [-0.4, -0.2) is 15.4 Å². The van der Waals surface area contributed by atoms with Crippen LogP contribution in [0.3, 0.4) is 0 Å². The van der Waals surface area contributed by atoms with Crippen molar-refractivity contribution in [2.45, 2.75) is 13.3 Å². The van der Waals surface area contributed by atoms with E-state index >= 15 is 0 Å². The summed E-state index contributed by atoms with van der Waals surface area (Å²) in [6.07, 6.45) is 2.62. The topological polar surface area (TPSA) is 17.1 Å². The predicted molar refractivity (Wildman–Crippen MR) is 38.1 cm³/mol. The number of hydrogen-bond donors (Lipinski definition) is 1. The zero-order valence-corrected chi connectivity index (χ0v) is 6.53. The molecule has 3 heteroatoms. The first-order valence-corrected chi connectivity index (χ1v) is 3.28. The summed E-state index contributed by atoms with van der Waals surface area (Å²) in [4.78, 5) is 10.3. The SMILES string of the molecule is CCC=C([Si])C(=O)S. The van der Waals surface area contributed by atoms with Gasteiger partial charge < -0.3 is 0 Å². The summed E-state index contributed by atoms with van der Waals surface area (Å²) >= 11 is 3.57. The second-order valence-corrected chi connectivity index (χ2v) is 2.28. The standard InChI is InChI=1S/C5H7OSSi/c1-2-3-4(8)5(6)7/h3H,2H2,1H3,(H,6,7). The van der Waals surface area contributed by atoms with E-state index in [1.807, 2.05) is 6.92 Å². The molecule has 0 N–H and O–H groups in total. The lowest BCUT2D eigenvalue weighted by atomic mass is 10.4. The van der Waals surface area contributed by atoms with Crippen molar-refractivity contribution < 1.29 is 4.79 Å². The van der Waals surface area contributed by atoms with Gasteiger partial charge in [0, 0.05) is 0 Å². The number of carbonyl (C=O) groups is 1. The van der Waals surface area contributed by atoms with Gasteiger partial charge in [0.1, 0.15) is 0 Å². The van der Waals surface area contributed by atoms with Crippen LogP contribution in [0.1, 0.15) is 13.3 Å². The van der Waals surface area contributed by atoms with Gasteiger partial charge in [0.25, 0.3) is 0 Å². The molecule has 0 spiro atoms. The molecular formula is C5H7OSSi. The van der Waals surface area contributed by atoms with Gasteiger partial charge in [0.15, 0.2) is 0 Å². The van der Waals surface area contributed by atoms with Gasteiger partial charge >= 0.3 is 0 Å². The highest BCUT2D eigenvalue weighted by Gasteiger charge is 1.92. The molecule has 0 unspecified atom stereocenters. The van der Waals surface area contributed by atoms with Crippen LogP contribution in [0, 0.1) is 0 Å². The summed E-state index contributed by atoms with van der Waals surface area (Å²) in [5.74, 6) is 0. The molecule has 43 valence electrons. The van der Waals surface area contributed by atoms with E-state index in [0.717, 1.165) is 6.42 Å². The lowest BCUT2D eigenvalue weighted by Gasteiger charge is -1.87. The van der Waals surface area contributed by atoms with Crippen LogP contribution in [0.4, 0.5) is 0 Å². The highest BCUT2D eigenvalue weighted by molar-refractivity contribution is 7.97. The van der Waals surface area contributed by atoms with Crippen molar-refractivity contribution in [3.05, 3.63) is 11.3 Å². The van der Waals surface area contributed by atoms with Crippen molar-refractivity contribution >= 4 is 28.0 Å². The Hall–Kier alpha value is -0.0231. The molecule has 0 heterocycles. The highest BCUT2D eigenvalue weighted by Crippen LogP contribution is 1.94. The van der Waals surface area contributed by atoms with Gasteiger partial charge in [-0.1, -0.05) is 13.0 Å². The summed E-state index contributed by atoms with van der Waals surface area (Å²) in [6.45, 7) is 1.96. The maximum atomic E-state index is 10.3. The van der Waals surface area contributed by atoms with Crippen LogP contribution < -0.4 is 0 Å². The average molecular weight is 143 g/mol. The monoisotopic (exact) mass is 143 g/mol. The highest BCUT2D eigenvalue weighted by atomic mass is 32.1. The summed E-state index contributed by atoms with van der Waals surface area (Å²) in [7, 11) is 3.08. The minimum atomic E-state index is -0.219. The predicted octanol–water partition coefficient (Wildman–Crippen LogP) is 0.905. The third kappa shape index (κ3) is 3.04. The molecule has 0 aliphatic carbocycles. The van der Waals surface area contributed by atoms with E-state index < -0.39 is 0 Å². The Labute approximate surface area is 58.0 Å². The van der Waals surface area contributed by atoms with E-state index in [0.29, 0.717) is 5.20 Å². The van der Waals surface area contributed by atoms with Crippen molar-refractivity contribution in [1.29, 1.82) is 0 Å². The van der Waals surface area contributed by atoms with Crippen LogP contribution in [0.5, 0.6) is 0 Å². The minimum absolute atomic E-state index is 0.219. The molecular weight excluding hydrogens is 136 g/mol. The van der Waals surface area contributed by atoms with E-state index in [1.165, 1.54) is 0 Å². The Morgan fingerprint density at radius 2 is 2.38 bits per heavy atom. The van der Waals surface area contributed by atoms with Crippen molar-refractivity contribution in [3.8, 4) is 0 Å². The van der Waals surface area contributed by atoms with Gasteiger partial charge in [-0.15, -0.1) is 12.6 Å². The molecule has 1 nitrogen and oxygen atoms in total. The molecule has 0 saturated carbocycles. The van der Waals surface area contributed by atoms with Gasteiger partial charge in [-0.25, -0.2) is 0 Å². The first-order valence-electron chi connectivity index (χ1n) is 2.33. The van der Waals surface area contributed by atoms with Crippen LogP contribution in [0.15, 0.2) is 11.3 Å². The minimum Gasteiger partial charge on any atom is -0.283 e. The Bertz CT molecular complexity index is 120. The Morgan fingerprint density at radius 3 is 2.50 bits per heavy atom. The zero-order chi connectivity index (χ0) is 6.57. The first kappa shape index (κ1) is 7.98. The molecule has 0 aliphatic heterocycles. The van der Waals surface area contributed by atoms with Crippen molar-refractivity contribution in [3.63, 3.8) is 0 Å². The molecule has 0 aromatic rings. The fourth-order valence-electron chi connectivity index (χ4n) is 0.291. The number of carbonyl (C=O) groups excluding carboxylic acids is 1. The molecule has 0 aromatic heterocycles. The average Bonchev–Trinajstić information content (AvgIpc) is 1.67. The van der Waals surface area contributed by atoms with E-state index in [4.69, 9.17) is 0 Å². The molecule has 0 bridgehead atoms. The van der Waals surface area contributed by atoms with Crippen LogP contribution in [0.25, 0.3) is 0 Å². The van der Waals surface area contributed by atoms with E-state index in [9.17, 15) is 4.79 Å². The van der Waals surface area contributed by atoms with Crippen LogP contribution >= 0.6 is 12.6 Å². The van der Waals surface area contributed by atoms with E-state index in [2.05, 4.69) is 22.9 Å². The molecule has 0 rings (SSSR count). The van der Waals surface area contributed by atoms with E-state index in [-0.39, 0.29) is 5.12 Å². The fourth-order valence-corrected chi connectivity index (χ4v) is 0.587. The Balaban J connectivity index is 3.80. The second kappa shape index (κ2) is 3.92. The molecule has 0 aromatic carbocycles. The van der Waals surface area contributed by atoms with Gasteiger partial charge in [-0.05, 0) is 11.6 Å². The fraction of sp³-hybridized carbons (Fsp3) is 0.400. The lowest BCUT2D eigenvalue weighted by molar-refractivity contribution is -0.107. The summed E-state index contributed by atoms with van der Waals surface area (Å²) < 4.78 is 0. The van der Waals surface area contributed by atoms with Crippen molar-refractivity contribution in [1.82, 2.24) is 0 Å². The van der Waals surface area contributed by atoms with Crippen LogP contribution in [-0.2, 0) is 4.79 Å². The maximum Gasteiger partial charge on any atom is 0.207 e. The molecule has 0 aliphatic rings. The summed E-state index contributed by atoms with van der Waals surface area (Å²) in [5.41, 5.74) is 0. The largest absolute Gasteiger partial charge is 0.283 e.